The third-order valence-electron chi connectivity index (χ3n) is 3.97. The summed E-state index contributed by atoms with van der Waals surface area (Å²) in [5, 5.41) is 2.86. The third-order valence-corrected chi connectivity index (χ3v) is 3.97. The van der Waals surface area contributed by atoms with Crippen molar-refractivity contribution in [2.24, 2.45) is 0 Å². The number of benzene rings is 2. The largest absolute Gasteiger partial charge is 0.496 e. The lowest BCUT2D eigenvalue weighted by Crippen LogP contribution is -2.34. The molecule has 0 spiro atoms. The number of methoxy groups -OCH3 is 1. The summed E-state index contributed by atoms with van der Waals surface area (Å²) in [7, 11) is 3.18. The second kappa shape index (κ2) is 9.42. The quantitative estimate of drug-likeness (QED) is 0.777. The zero-order valence-electron chi connectivity index (χ0n) is 15.4. The first-order chi connectivity index (χ1) is 12.5. The number of nitrogens with one attached hydrogen (secondary N) is 1. The van der Waals surface area contributed by atoms with Crippen LogP contribution in [0, 0.1) is 0 Å². The Morgan fingerprint density at radius 2 is 1.81 bits per heavy atom. The molecule has 136 valence electrons. The number of carbonyl (C=O) groups excluding carboxylic acids is 2. The molecule has 2 amide bonds. The maximum atomic E-state index is 12.2. The van der Waals surface area contributed by atoms with E-state index < -0.39 is 0 Å². The second-order valence-electron chi connectivity index (χ2n) is 5.83. The molecule has 2 rings (SSSR count). The minimum absolute atomic E-state index is 0.0207. The molecular weight excluding hydrogens is 328 g/mol. The van der Waals surface area contributed by atoms with Crippen LogP contribution < -0.4 is 10.1 Å². The van der Waals surface area contributed by atoms with Crippen molar-refractivity contribution >= 4 is 23.6 Å². The molecule has 0 bridgehead atoms. The zero-order valence-corrected chi connectivity index (χ0v) is 15.4. The number of likely N-dealkylation sites (N-methyl/N-ethyl adjacent to an activating group) is 1. The van der Waals surface area contributed by atoms with Crippen LogP contribution in [0.4, 0.5) is 5.69 Å². The molecular formula is C21H24N2O3. The van der Waals surface area contributed by atoms with Crippen LogP contribution in [0.25, 0.3) is 6.08 Å². The number of carbonyl (C=O) groups is 2. The molecule has 0 unspecified atom stereocenters. The Balaban J connectivity index is 1.96. The van der Waals surface area contributed by atoms with E-state index in [1.807, 2.05) is 55.5 Å². The van der Waals surface area contributed by atoms with Gasteiger partial charge in [-0.25, -0.2) is 0 Å². The van der Waals surface area contributed by atoms with E-state index in [2.05, 4.69) is 5.32 Å². The van der Waals surface area contributed by atoms with Gasteiger partial charge in [0.05, 0.1) is 13.7 Å². The zero-order chi connectivity index (χ0) is 18.9. The number of anilines is 1. The van der Waals surface area contributed by atoms with E-state index in [1.165, 1.54) is 11.0 Å². The Morgan fingerprint density at radius 3 is 2.54 bits per heavy atom. The summed E-state index contributed by atoms with van der Waals surface area (Å²) >= 11 is 0. The van der Waals surface area contributed by atoms with Gasteiger partial charge >= 0.3 is 0 Å². The van der Waals surface area contributed by atoms with Crippen molar-refractivity contribution in [2.75, 3.05) is 26.0 Å². The fourth-order valence-corrected chi connectivity index (χ4v) is 2.53. The van der Waals surface area contributed by atoms with Gasteiger partial charge in [0.25, 0.3) is 0 Å². The number of amides is 2. The molecule has 0 aliphatic heterocycles. The first-order valence-electron chi connectivity index (χ1n) is 8.49. The molecule has 5 heteroatoms. The number of para-hydroxylation sites is 2. The molecule has 26 heavy (non-hydrogen) atoms. The Labute approximate surface area is 154 Å². The standard InChI is InChI=1S/C21H24N2O3/c1-4-16-9-5-7-11-18(16)22-20(24)15-23(2)21(25)14-13-17-10-6-8-12-19(17)26-3/h5-14H,4,15H2,1-3H3,(H,22,24)/b14-13+. The Hall–Kier alpha value is -3.08. The molecule has 0 atom stereocenters. The molecule has 1 N–H and O–H groups in total. The maximum Gasteiger partial charge on any atom is 0.246 e. The summed E-state index contributed by atoms with van der Waals surface area (Å²) < 4.78 is 5.25. The van der Waals surface area contributed by atoms with Crippen molar-refractivity contribution in [2.45, 2.75) is 13.3 Å². The van der Waals surface area contributed by atoms with Crippen LogP contribution in [0.15, 0.2) is 54.6 Å². The van der Waals surface area contributed by atoms with Gasteiger partial charge in [-0.2, -0.15) is 0 Å². The summed E-state index contributed by atoms with van der Waals surface area (Å²) in [5.41, 5.74) is 2.65. The fourth-order valence-electron chi connectivity index (χ4n) is 2.53. The average Bonchev–Trinajstić information content (AvgIpc) is 2.66. The minimum atomic E-state index is -0.255. The number of rotatable bonds is 7. The minimum Gasteiger partial charge on any atom is -0.496 e. The first-order valence-corrected chi connectivity index (χ1v) is 8.49. The Bertz CT molecular complexity index is 799. The molecule has 0 radical (unpaired) electrons. The molecule has 2 aromatic carbocycles. The normalized spacial score (nSPS) is 10.6. The van der Waals surface area contributed by atoms with Crippen LogP contribution in [-0.2, 0) is 16.0 Å². The van der Waals surface area contributed by atoms with Gasteiger partial charge in [-0.1, -0.05) is 43.3 Å². The summed E-state index contributed by atoms with van der Waals surface area (Å²) in [4.78, 5) is 25.8. The van der Waals surface area contributed by atoms with Gasteiger partial charge in [-0.3, -0.25) is 9.59 Å². The summed E-state index contributed by atoms with van der Waals surface area (Å²) in [6, 6.07) is 15.1. The topological polar surface area (TPSA) is 58.6 Å². The van der Waals surface area contributed by atoms with E-state index in [0.29, 0.717) is 5.75 Å². The van der Waals surface area contributed by atoms with Crippen molar-refractivity contribution in [1.82, 2.24) is 4.90 Å². The molecule has 0 saturated carbocycles. The molecule has 0 fully saturated rings. The molecule has 0 aliphatic rings. The van der Waals surface area contributed by atoms with Crippen molar-refractivity contribution in [1.29, 1.82) is 0 Å². The lowest BCUT2D eigenvalue weighted by atomic mass is 10.1. The van der Waals surface area contributed by atoms with Gasteiger partial charge in [0.2, 0.25) is 11.8 Å². The van der Waals surface area contributed by atoms with E-state index in [1.54, 1.807) is 20.2 Å². The molecule has 5 nitrogen and oxygen atoms in total. The van der Waals surface area contributed by atoms with Crippen LogP contribution in [-0.4, -0.2) is 37.4 Å². The number of hydrogen-bond acceptors (Lipinski definition) is 3. The fraction of sp³-hybridized carbons (Fsp3) is 0.238. The van der Waals surface area contributed by atoms with E-state index in [-0.39, 0.29) is 18.4 Å². The highest BCUT2D eigenvalue weighted by Crippen LogP contribution is 2.18. The number of hydrogen-bond donors (Lipinski definition) is 1. The molecule has 0 saturated heterocycles. The Kier molecular flexibility index (Phi) is 6.97. The van der Waals surface area contributed by atoms with Gasteiger partial charge in [0, 0.05) is 24.4 Å². The van der Waals surface area contributed by atoms with E-state index >= 15 is 0 Å². The smallest absolute Gasteiger partial charge is 0.246 e. The van der Waals surface area contributed by atoms with Gasteiger partial charge < -0.3 is 15.0 Å². The second-order valence-corrected chi connectivity index (χ2v) is 5.83. The van der Waals surface area contributed by atoms with Gasteiger partial charge in [0.15, 0.2) is 0 Å². The summed E-state index contributed by atoms with van der Waals surface area (Å²) in [6.45, 7) is 2.01. The van der Waals surface area contributed by atoms with Crippen molar-refractivity contribution in [3.8, 4) is 5.75 Å². The van der Waals surface area contributed by atoms with Crippen molar-refractivity contribution in [3.05, 3.63) is 65.7 Å². The summed E-state index contributed by atoms with van der Waals surface area (Å²) in [5.74, 6) is 0.204. The number of nitrogens with zero attached hydrogens (tertiary/aromatic N) is 1. The highest BCUT2D eigenvalue weighted by Gasteiger charge is 2.12. The maximum absolute atomic E-state index is 12.2. The van der Waals surface area contributed by atoms with Crippen molar-refractivity contribution < 1.29 is 14.3 Å². The Morgan fingerprint density at radius 1 is 1.12 bits per heavy atom. The predicted molar refractivity (Wildman–Crippen MR) is 104 cm³/mol. The highest BCUT2D eigenvalue weighted by molar-refractivity contribution is 5.98. The van der Waals surface area contributed by atoms with Crippen LogP contribution in [0.2, 0.25) is 0 Å². The average molecular weight is 352 g/mol. The summed E-state index contributed by atoms with van der Waals surface area (Å²) in [6.07, 6.45) is 3.94. The van der Waals surface area contributed by atoms with Crippen LogP contribution in [0.3, 0.4) is 0 Å². The van der Waals surface area contributed by atoms with E-state index in [4.69, 9.17) is 4.74 Å². The lowest BCUT2D eigenvalue weighted by Gasteiger charge is -2.16. The SMILES string of the molecule is CCc1ccccc1NC(=O)CN(C)C(=O)/C=C/c1ccccc1OC. The molecule has 2 aromatic rings. The van der Waals surface area contributed by atoms with Crippen LogP contribution in [0.5, 0.6) is 5.75 Å². The first kappa shape index (κ1) is 19.2. The number of ether oxygens (including phenoxy) is 1. The highest BCUT2D eigenvalue weighted by atomic mass is 16.5. The molecule has 0 aliphatic carbocycles. The number of aryl methyl sites for hydroxylation is 1. The predicted octanol–water partition coefficient (Wildman–Crippen LogP) is 3.37. The molecule has 0 heterocycles. The van der Waals surface area contributed by atoms with Crippen LogP contribution in [0.1, 0.15) is 18.1 Å². The van der Waals surface area contributed by atoms with Gasteiger partial charge in [-0.15, -0.1) is 0 Å². The van der Waals surface area contributed by atoms with E-state index in [9.17, 15) is 9.59 Å². The monoisotopic (exact) mass is 352 g/mol. The van der Waals surface area contributed by atoms with Crippen LogP contribution >= 0.6 is 0 Å². The lowest BCUT2D eigenvalue weighted by molar-refractivity contribution is -0.129. The van der Waals surface area contributed by atoms with Gasteiger partial charge in [-0.05, 0) is 30.2 Å². The molecule has 0 aromatic heterocycles. The van der Waals surface area contributed by atoms with Crippen molar-refractivity contribution in [3.63, 3.8) is 0 Å². The van der Waals surface area contributed by atoms with Gasteiger partial charge in [0.1, 0.15) is 5.75 Å². The van der Waals surface area contributed by atoms with E-state index in [0.717, 1.165) is 23.2 Å². The third kappa shape index (κ3) is 5.21.